The monoisotopic (exact) mass is 372 g/mol. The minimum absolute atomic E-state index is 0.0277. The van der Waals surface area contributed by atoms with Crippen LogP contribution in [0.4, 0.5) is 5.69 Å². The number of benzene rings is 2. The molecule has 0 radical (unpaired) electrons. The summed E-state index contributed by atoms with van der Waals surface area (Å²) in [5.74, 6) is -0.468. The van der Waals surface area contributed by atoms with Crippen molar-refractivity contribution in [3.05, 3.63) is 65.7 Å². The highest BCUT2D eigenvalue weighted by Crippen LogP contribution is 2.23. The molecule has 1 aliphatic heterocycles. The standard InChI is InChI=1S/C20H24N2O3S/c1-16-7-5-11-19(13-16)21-20(23)18-10-6-12-22(14-18)26(24,25)15-17-8-3-2-4-9-17/h2-5,7-9,11,13,18H,6,10,12,14-15H2,1H3,(H,21,23). The largest absolute Gasteiger partial charge is 0.326 e. The molecular formula is C20H24N2O3S. The van der Waals surface area contributed by atoms with Crippen molar-refractivity contribution in [3.8, 4) is 0 Å². The number of nitrogens with zero attached hydrogens (tertiary/aromatic N) is 1. The summed E-state index contributed by atoms with van der Waals surface area (Å²) in [4.78, 5) is 12.6. The van der Waals surface area contributed by atoms with E-state index < -0.39 is 10.0 Å². The minimum Gasteiger partial charge on any atom is -0.326 e. The first-order chi connectivity index (χ1) is 12.4. The highest BCUT2D eigenvalue weighted by Gasteiger charge is 2.32. The Labute approximate surface area is 155 Å². The maximum absolute atomic E-state index is 12.7. The zero-order valence-electron chi connectivity index (χ0n) is 14.9. The summed E-state index contributed by atoms with van der Waals surface area (Å²) in [6.07, 6.45) is 1.40. The molecule has 0 aromatic heterocycles. The fourth-order valence-corrected chi connectivity index (χ4v) is 4.86. The average molecular weight is 372 g/mol. The van der Waals surface area contributed by atoms with Gasteiger partial charge in [-0.2, -0.15) is 0 Å². The summed E-state index contributed by atoms with van der Waals surface area (Å²) in [6, 6.07) is 16.8. The maximum Gasteiger partial charge on any atom is 0.228 e. The van der Waals surface area contributed by atoms with E-state index in [-0.39, 0.29) is 24.1 Å². The smallest absolute Gasteiger partial charge is 0.228 e. The van der Waals surface area contributed by atoms with Crippen molar-refractivity contribution in [2.45, 2.75) is 25.5 Å². The Morgan fingerprint density at radius 1 is 1.15 bits per heavy atom. The second-order valence-electron chi connectivity index (χ2n) is 6.80. The van der Waals surface area contributed by atoms with E-state index in [9.17, 15) is 13.2 Å². The van der Waals surface area contributed by atoms with E-state index in [0.29, 0.717) is 19.4 Å². The second-order valence-corrected chi connectivity index (χ2v) is 8.77. The van der Waals surface area contributed by atoms with Crippen LogP contribution < -0.4 is 5.32 Å². The molecule has 5 nitrogen and oxygen atoms in total. The van der Waals surface area contributed by atoms with Gasteiger partial charge in [-0.05, 0) is 43.0 Å². The number of sulfonamides is 1. The van der Waals surface area contributed by atoms with Gasteiger partial charge in [0.15, 0.2) is 0 Å². The summed E-state index contributed by atoms with van der Waals surface area (Å²) in [5.41, 5.74) is 2.58. The Hall–Kier alpha value is -2.18. The van der Waals surface area contributed by atoms with Gasteiger partial charge in [0, 0.05) is 18.8 Å². The molecule has 1 unspecified atom stereocenters. The first kappa shape index (κ1) is 18.6. The molecule has 1 aliphatic rings. The quantitative estimate of drug-likeness (QED) is 0.877. The van der Waals surface area contributed by atoms with Crippen LogP contribution in [0.1, 0.15) is 24.0 Å². The number of carbonyl (C=O) groups is 1. The summed E-state index contributed by atoms with van der Waals surface area (Å²) >= 11 is 0. The molecule has 0 saturated carbocycles. The van der Waals surface area contributed by atoms with Gasteiger partial charge in [-0.3, -0.25) is 4.79 Å². The fourth-order valence-electron chi connectivity index (χ4n) is 3.25. The molecule has 0 spiro atoms. The van der Waals surface area contributed by atoms with E-state index in [4.69, 9.17) is 0 Å². The van der Waals surface area contributed by atoms with Crippen LogP contribution in [0, 0.1) is 12.8 Å². The first-order valence-electron chi connectivity index (χ1n) is 8.83. The summed E-state index contributed by atoms with van der Waals surface area (Å²) in [7, 11) is -3.43. The van der Waals surface area contributed by atoms with Gasteiger partial charge in [0.1, 0.15) is 0 Å². The van der Waals surface area contributed by atoms with Crippen molar-refractivity contribution in [2.24, 2.45) is 5.92 Å². The van der Waals surface area contributed by atoms with Gasteiger partial charge >= 0.3 is 0 Å². The summed E-state index contributed by atoms with van der Waals surface area (Å²) < 4.78 is 26.9. The van der Waals surface area contributed by atoms with Crippen LogP contribution in [0.2, 0.25) is 0 Å². The van der Waals surface area contributed by atoms with Gasteiger partial charge in [0.25, 0.3) is 0 Å². The lowest BCUT2D eigenvalue weighted by Gasteiger charge is -2.31. The van der Waals surface area contributed by atoms with Gasteiger partial charge in [-0.25, -0.2) is 12.7 Å². The number of rotatable bonds is 5. The van der Waals surface area contributed by atoms with Gasteiger partial charge in [0.2, 0.25) is 15.9 Å². The molecule has 0 aliphatic carbocycles. The van der Waals surface area contributed by atoms with Gasteiger partial charge in [-0.1, -0.05) is 42.5 Å². The molecule has 26 heavy (non-hydrogen) atoms. The zero-order chi connectivity index (χ0) is 18.6. The van der Waals surface area contributed by atoms with Crippen LogP contribution in [-0.2, 0) is 20.6 Å². The molecule has 1 fully saturated rings. The van der Waals surface area contributed by atoms with Crippen LogP contribution >= 0.6 is 0 Å². The normalized spacial score (nSPS) is 18.4. The van der Waals surface area contributed by atoms with Crippen LogP contribution in [0.15, 0.2) is 54.6 Å². The summed E-state index contributed by atoms with van der Waals surface area (Å²) in [5, 5.41) is 2.91. The van der Waals surface area contributed by atoms with E-state index >= 15 is 0 Å². The fraction of sp³-hybridized carbons (Fsp3) is 0.350. The molecular weight excluding hydrogens is 348 g/mol. The molecule has 6 heteroatoms. The number of amides is 1. The van der Waals surface area contributed by atoms with Crippen molar-refractivity contribution in [1.29, 1.82) is 0 Å². The number of anilines is 1. The van der Waals surface area contributed by atoms with Crippen molar-refractivity contribution < 1.29 is 13.2 Å². The molecule has 0 bridgehead atoms. The topological polar surface area (TPSA) is 66.5 Å². The SMILES string of the molecule is Cc1cccc(NC(=O)C2CCCN(S(=O)(=O)Cc3ccccc3)C2)c1. The predicted octanol–water partition coefficient (Wildman–Crippen LogP) is 3.18. The highest BCUT2D eigenvalue weighted by atomic mass is 32.2. The van der Waals surface area contributed by atoms with Crippen LogP contribution in [0.25, 0.3) is 0 Å². The molecule has 1 atom stereocenters. The Kier molecular flexibility index (Phi) is 5.74. The van der Waals surface area contributed by atoms with E-state index in [1.54, 1.807) is 0 Å². The highest BCUT2D eigenvalue weighted by molar-refractivity contribution is 7.88. The van der Waals surface area contributed by atoms with Crippen LogP contribution in [0.3, 0.4) is 0 Å². The number of hydrogen-bond acceptors (Lipinski definition) is 3. The molecule has 2 aromatic rings. The van der Waals surface area contributed by atoms with Crippen LogP contribution in [0.5, 0.6) is 0 Å². The second kappa shape index (κ2) is 8.01. The molecule has 1 saturated heterocycles. The lowest BCUT2D eigenvalue weighted by atomic mass is 9.98. The van der Waals surface area contributed by atoms with Crippen molar-refractivity contribution in [3.63, 3.8) is 0 Å². The molecule has 138 valence electrons. The Morgan fingerprint density at radius 2 is 1.92 bits per heavy atom. The third-order valence-electron chi connectivity index (χ3n) is 4.63. The van der Waals surface area contributed by atoms with Crippen molar-refractivity contribution in [1.82, 2.24) is 4.31 Å². The molecule has 1 heterocycles. The maximum atomic E-state index is 12.7. The molecule has 3 rings (SSSR count). The average Bonchev–Trinajstić information content (AvgIpc) is 2.62. The number of aryl methyl sites for hydroxylation is 1. The van der Waals surface area contributed by atoms with Crippen molar-refractivity contribution >= 4 is 21.6 Å². The third-order valence-corrected chi connectivity index (χ3v) is 6.44. The van der Waals surface area contributed by atoms with E-state index in [2.05, 4.69) is 5.32 Å². The predicted molar refractivity (Wildman–Crippen MR) is 103 cm³/mol. The number of hydrogen-bond donors (Lipinski definition) is 1. The lowest BCUT2D eigenvalue weighted by Crippen LogP contribution is -2.44. The van der Waals surface area contributed by atoms with E-state index in [0.717, 1.165) is 16.8 Å². The Balaban J connectivity index is 1.65. The molecule has 1 amide bonds. The van der Waals surface area contributed by atoms with Gasteiger partial charge < -0.3 is 5.32 Å². The lowest BCUT2D eigenvalue weighted by molar-refractivity contribution is -0.120. The molecule has 1 N–H and O–H groups in total. The van der Waals surface area contributed by atoms with E-state index in [1.165, 1.54) is 4.31 Å². The molecule has 2 aromatic carbocycles. The third kappa shape index (κ3) is 4.71. The van der Waals surface area contributed by atoms with Crippen molar-refractivity contribution in [2.75, 3.05) is 18.4 Å². The first-order valence-corrected chi connectivity index (χ1v) is 10.4. The minimum atomic E-state index is -3.43. The number of nitrogens with one attached hydrogen (secondary N) is 1. The Bertz CT molecular complexity index is 866. The van der Waals surface area contributed by atoms with Gasteiger partial charge in [0.05, 0.1) is 11.7 Å². The van der Waals surface area contributed by atoms with E-state index in [1.807, 2.05) is 61.5 Å². The van der Waals surface area contributed by atoms with Gasteiger partial charge in [-0.15, -0.1) is 0 Å². The number of carbonyl (C=O) groups excluding carboxylic acids is 1. The number of piperidine rings is 1. The summed E-state index contributed by atoms with van der Waals surface area (Å²) in [6.45, 7) is 2.68. The zero-order valence-corrected chi connectivity index (χ0v) is 15.7. The Morgan fingerprint density at radius 3 is 2.65 bits per heavy atom. The van der Waals surface area contributed by atoms with Crippen LogP contribution in [-0.4, -0.2) is 31.7 Å².